The van der Waals surface area contributed by atoms with Gasteiger partial charge in [-0.2, -0.15) is 0 Å². The molecule has 0 aliphatic rings. The molecule has 5 aromatic rings. The van der Waals surface area contributed by atoms with Gasteiger partial charge < -0.3 is 9.15 Å². The van der Waals surface area contributed by atoms with Crippen molar-refractivity contribution in [3.05, 3.63) is 78.4 Å². The van der Waals surface area contributed by atoms with E-state index in [0.717, 1.165) is 33.1 Å². The second-order valence-electron chi connectivity index (χ2n) is 6.75. The summed E-state index contributed by atoms with van der Waals surface area (Å²) < 4.78 is 10.9. The van der Waals surface area contributed by atoms with Crippen LogP contribution in [0.2, 0.25) is 0 Å². The Morgan fingerprint density at radius 2 is 1.68 bits per heavy atom. The first-order valence-electron chi connectivity index (χ1n) is 9.79. The van der Waals surface area contributed by atoms with Gasteiger partial charge in [-0.25, -0.2) is 9.78 Å². The van der Waals surface area contributed by atoms with Crippen molar-refractivity contribution in [2.24, 2.45) is 0 Å². The molecule has 3 aromatic carbocycles. The molecule has 31 heavy (non-hydrogen) atoms. The van der Waals surface area contributed by atoms with Crippen molar-refractivity contribution in [3.63, 3.8) is 0 Å². The van der Waals surface area contributed by atoms with Gasteiger partial charge in [0.05, 0.1) is 12.2 Å². The van der Waals surface area contributed by atoms with Crippen LogP contribution in [0.4, 0.5) is 0 Å². The van der Waals surface area contributed by atoms with Crippen LogP contribution in [-0.2, 0) is 4.74 Å². The highest BCUT2D eigenvalue weighted by atomic mass is 32.2. The van der Waals surface area contributed by atoms with Gasteiger partial charge in [0.15, 0.2) is 5.58 Å². The molecule has 0 saturated carbocycles. The molecule has 2 aromatic heterocycles. The first-order chi connectivity index (χ1) is 15.2. The highest BCUT2D eigenvalue weighted by Gasteiger charge is 2.15. The van der Waals surface area contributed by atoms with Gasteiger partial charge in [0.2, 0.25) is 0 Å². The first kappa shape index (κ1) is 19.3. The Morgan fingerprint density at radius 1 is 0.935 bits per heavy atom. The first-order valence-corrected chi connectivity index (χ1v) is 10.6. The molecule has 0 unspecified atom stereocenters. The van der Waals surface area contributed by atoms with Crippen LogP contribution in [0, 0.1) is 0 Å². The molecular weight excluding hydrogens is 410 g/mol. The Balaban J connectivity index is 1.52. The molecule has 2 heterocycles. The van der Waals surface area contributed by atoms with E-state index in [1.165, 1.54) is 11.8 Å². The number of hydrogen-bond donors (Lipinski definition) is 0. The number of ether oxygens (including phenoxy) is 1. The van der Waals surface area contributed by atoms with E-state index in [2.05, 4.69) is 15.2 Å². The SMILES string of the molecule is CCOC(=O)c1ccc(-c2nnc(Sc3nc4ccccc4o3)c3ccccc23)cc1. The predicted octanol–water partition coefficient (Wildman–Crippen LogP) is 5.77. The van der Waals surface area contributed by atoms with Gasteiger partial charge in [0.25, 0.3) is 5.22 Å². The van der Waals surface area contributed by atoms with Gasteiger partial charge in [-0.15, -0.1) is 10.2 Å². The minimum Gasteiger partial charge on any atom is -0.462 e. The summed E-state index contributed by atoms with van der Waals surface area (Å²) in [5, 5.41) is 12.1. The molecule has 0 N–H and O–H groups in total. The van der Waals surface area contributed by atoms with E-state index in [4.69, 9.17) is 9.15 Å². The van der Waals surface area contributed by atoms with Crippen molar-refractivity contribution >= 4 is 39.6 Å². The van der Waals surface area contributed by atoms with Gasteiger partial charge >= 0.3 is 5.97 Å². The van der Waals surface area contributed by atoms with Crippen LogP contribution < -0.4 is 0 Å². The van der Waals surface area contributed by atoms with Crippen LogP contribution in [0.5, 0.6) is 0 Å². The molecule has 0 atom stereocenters. The molecule has 0 aliphatic carbocycles. The molecule has 0 radical (unpaired) electrons. The zero-order valence-corrected chi connectivity index (χ0v) is 17.4. The molecule has 0 saturated heterocycles. The molecule has 0 fully saturated rings. The summed E-state index contributed by atoms with van der Waals surface area (Å²) in [5.41, 5.74) is 3.66. The third-order valence-corrected chi connectivity index (χ3v) is 5.63. The number of fused-ring (bicyclic) bond motifs is 2. The number of benzene rings is 3. The quantitative estimate of drug-likeness (QED) is 0.330. The lowest BCUT2D eigenvalue weighted by molar-refractivity contribution is 0.0526. The van der Waals surface area contributed by atoms with E-state index in [0.29, 0.717) is 22.4 Å². The minimum atomic E-state index is -0.338. The molecule has 0 aliphatic heterocycles. The van der Waals surface area contributed by atoms with Crippen LogP contribution in [-0.4, -0.2) is 27.8 Å². The van der Waals surface area contributed by atoms with Gasteiger partial charge in [-0.3, -0.25) is 0 Å². The van der Waals surface area contributed by atoms with Crippen molar-refractivity contribution in [3.8, 4) is 11.3 Å². The van der Waals surface area contributed by atoms with Crippen LogP contribution in [0.15, 0.2) is 87.5 Å². The number of para-hydroxylation sites is 2. The fraction of sp³-hybridized carbons (Fsp3) is 0.0833. The summed E-state index contributed by atoms with van der Waals surface area (Å²) in [7, 11) is 0. The molecule has 6 nitrogen and oxygen atoms in total. The second kappa shape index (κ2) is 8.20. The highest BCUT2D eigenvalue weighted by molar-refractivity contribution is 7.99. The number of rotatable bonds is 5. The highest BCUT2D eigenvalue weighted by Crippen LogP contribution is 2.35. The van der Waals surface area contributed by atoms with Gasteiger partial charge in [0, 0.05) is 16.3 Å². The van der Waals surface area contributed by atoms with Crippen molar-refractivity contribution in [1.29, 1.82) is 0 Å². The maximum Gasteiger partial charge on any atom is 0.338 e. The standard InChI is InChI=1S/C24H17N3O3S/c1-2-29-23(28)16-13-11-15(12-14-16)21-17-7-3-4-8-18(17)22(27-26-21)31-24-25-19-9-5-6-10-20(19)30-24/h3-14H,2H2,1H3. The molecule has 7 heteroatoms. The van der Waals surface area contributed by atoms with E-state index in [1.54, 1.807) is 19.1 Å². The largest absolute Gasteiger partial charge is 0.462 e. The van der Waals surface area contributed by atoms with Gasteiger partial charge in [-0.1, -0.05) is 48.5 Å². The fourth-order valence-electron chi connectivity index (χ4n) is 3.32. The number of carbonyl (C=O) groups is 1. The number of esters is 1. The third kappa shape index (κ3) is 3.75. The number of nitrogens with zero attached hydrogens (tertiary/aromatic N) is 3. The topological polar surface area (TPSA) is 78.1 Å². The lowest BCUT2D eigenvalue weighted by Crippen LogP contribution is -2.04. The Kier molecular flexibility index (Phi) is 5.09. The number of aromatic nitrogens is 3. The summed E-state index contributed by atoms with van der Waals surface area (Å²) in [5.74, 6) is -0.338. The van der Waals surface area contributed by atoms with E-state index < -0.39 is 0 Å². The van der Waals surface area contributed by atoms with Crippen LogP contribution in [0.25, 0.3) is 33.1 Å². The van der Waals surface area contributed by atoms with Crippen LogP contribution in [0.3, 0.4) is 0 Å². The molecule has 0 spiro atoms. The number of carbonyl (C=O) groups excluding carboxylic acids is 1. The van der Waals surface area contributed by atoms with Crippen molar-refractivity contribution in [2.45, 2.75) is 17.2 Å². The van der Waals surface area contributed by atoms with Crippen molar-refractivity contribution in [2.75, 3.05) is 6.61 Å². The molecule has 0 amide bonds. The van der Waals surface area contributed by atoms with Gasteiger partial charge in [0.1, 0.15) is 16.2 Å². The molecular formula is C24H17N3O3S. The summed E-state index contributed by atoms with van der Waals surface area (Å²) >= 11 is 1.35. The maximum atomic E-state index is 11.9. The summed E-state index contributed by atoms with van der Waals surface area (Å²) in [6.07, 6.45) is 0. The van der Waals surface area contributed by atoms with E-state index in [1.807, 2.05) is 60.7 Å². The fourth-order valence-corrected chi connectivity index (χ4v) is 4.13. The number of oxazole rings is 1. The van der Waals surface area contributed by atoms with E-state index in [9.17, 15) is 4.79 Å². The van der Waals surface area contributed by atoms with Gasteiger partial charge in [-0.05, 0) is 43.0 Å². The summed E-state index contributed by atoms with van der Waals surface area (Å²) in [4.78, 5) is 16.4. The van der Waals surface area contributed by atoms with Crippen LogP contribution >= 0.6 is 11.8 Å². The monoisotopic (exact) mass is 427 g/mol. The Bertz CT molecular complexity index is 1360. The molecule has 152 valence electrons. The Labute approximate surface area is 182 Å². The lowest BCUT2D eigenvalue weighted by atomic mass is 10.0. The van der Waals surface area contributed by atoms with E-state index in [-0.39, 0.29) is 5.97 Å². The van der Waals surface area contributed by atoms with Crippen molar-refractivity contribution < 1.29 is 13.9 Å². The maximum absolute atomic E-state index is 11.9. The summed E-state index contributed by atoms with van der Waals surface area (Å²) in [6.45, 7) is 2.13. The second-order valence-corrected chi connectivity index (χ2v) is 7.69. The average molecular weight is 427 g/mol. The minimum absolute atomic E-state index is 0.338. The molecule has 0 bridgehead atoms. The zero-order valence-electron chi connectivity index (χ0n) is 16.6. The molecule has 5 rings (SSSR count). The predicted molar refractivity (Wildman–Crippen MR) is 119 cm³/mol. The van der Waals surface area contributed by atoms with Crippen molar-refractivity contribution in [1.82, 2.24) is 15.2 Å². The zero-order chi connectivity index (χ0) is 21.2. The Morgan fingerprint density at radius 3 is 2.45 bits per heavy atom. The Hall–Kier alpha value is -3.71. The number of hydrogen-bond acceptors (Lipinski definition) is 7. The van der Waals surface area contributed by atoms with Crippen LogP contribution in [0.1, 0.15) is 17.3 Å². The average Bonchev–Trinajstić information content (AvgIpc) is 3.22. The third-order valence-electron chi connectivity index (χ3n) is 4.78. The smallest absolute Gasteiger partial charge is 0.338 e. The lowest BCUT2D eigenvalue weighted by Gasteiger charge is -2.09. The summed E-state index contributed by atoms with van der Waals surface area (Å²) in [6, 6.07) is 22.8. The van der Waals surface area contributed by atoms with E-state index >= 15 is 0 Å². The normalized spacial score (nSPS) is 11.1.